The summed E-state index contributed by atoms with van der Waals surface area (Å²) in [7, 11) is 0. The smallest absolute Gasteiger partial charge is 0.0320 e. The lowest BCUT2D eigenvalue weighted by Gasteiger charge is -2.34. The van der Waals surface area contributed by atoms with Crippen molar-refractivity contribution in [2.45, 2.75) is 19.3 Å². The average Bonchev–Trinajstić information content (AvgIpc) is 2.56. The van der Waals surface area contributed by atoms with Gasteiger partial charge in [0, 0.05) is 0 Å². The van der Waals surface area contributed by atoms with Crippen molar-refractivity contribution in [2.75, 3.05) is 0 Å². The topological polar surface area (TPSA) is 0 Å². The van der Waals surface area contributed by atoms with E-state index in [0.717, 1.165) is 0 Å². The van der Waals surface area contributed by atoms with Crippen LogP contribution in [0.4, 0.5) is 0 Å². The van der Waals surface area contributed by atoms with Crippen molar-refractivity contribution in [3.8, 4) is 0 Å². The molecule has 6 atom stereocenters. The molecule has 11 heavy (non-hydrogen) atoms. The third kappa shape index (κ3) is 0.278. The molecule has 0 N–H and O–H groups in total. The van der Waals surface area contributed by atoms with Crippen LogP contribution in [0.1, 0.15) is 19.3 Å². The molecule has 0 saturated heterocycles. The first kappa shape index (κ1) is 4.89. The minimum atomic E-state index is 1.26. The Morgan fingerprint density at radius 1 is 0.455 bits per heavy atom. The van der Waals surface area contributed by atoms with Crippen LogP contribution < -0.4 is 0 Å². The molecule has 6 fully saturated rings. The number of rotatable bonds is 0. The molecule has 0 amide bonds. The van der Waals surface area contributed by atoms with Gasteiger partial charge in [0.05, 0.1) is 0 Å². The Bertz CT molecular complexity index is 190. The Hall–Kier alpha value is 0. The quantitative estimate of drug-likeness (QED) is 0.491. The Morgan fingerprint density at radius 3 is 1.00 bits per heavy atom. The molecule has 6 bridgehead atoms. The highest BCUT2D eigenvalue weighted by Gasteiger charge is 2.76. The van der Waals surface area contributed by atoms with Crippen molar-refractivity contribution in [2.24, 2.45) is 47.3 Å². The van der Waals surface area contributed by atoms with Gasteiger partial charge in [-0.3, -0.25) is 0 Å². The molecule has 0 heteroatoms. The summed E-state index contributed by atoms with van der Waals surface area (Å²) in [6.07, 6.45) is 5.03. The van der Waals surface area contributed by atoms with Crippen molar-refractivity contribution >= 4 is 0 Å². The Kier molecular flexibility index (Phi) is 0.494. The Balaban J connectivity index is 1.94. The monoisotopic (exact) mass is 146 g/mol. The van der Waals surface area contributed by atoms with Crippen LogP contribution in [0, 0.1) is 47.3 Å². The van der Waals surface area contributed by atoms with E-state index < -0.39 is 0 Å². The van der Waals surface area contributed by atoms with E-state index >= 15 is 0 Å². The summed E-state index contributed by atoms with van der Waals surface area (Å²) in [6.45, 7) is 0. The van der Waals surface area contributed by atoms with E-state index in [0.29, 0.717) is 0 Å². The molecular formula is C11H14. The van der Waals surface area contributed by atoms with E-state index in [1.54, 1.807) is 19.3 Å². The van der Waals surface area contributed by atoms with Gasteiger partial charge in [0.15, 0.2) is 0 Å². The Labute approximate surface area is 67.4 Å². The fourth-order valence-corrected chi connectivity index (χ4v) is 6.55. The second-order valence-electron chi connectivity index (χ2n) is 5.84. The summed E-state index contributed by atoms with van der Waals surface area (Å²) >= 11 is 0. The van der Waals surface area contributed by atoms with Crippen molar-refractivity contribution in [3.63, 3.8) is 0 Å². The van der Waals surface area contributed by atoms with Gasteiger partial charge in [-0.15, -0.1) is 0 Å². The second kappa shape index (κ2) is 1.11. The molecule has 0 aliphatic heterocycles. The van der Waals surface area contributed by atoms with Crippen LogP contribution in [-0.2, 0) is 0 Å². The first-order valence-electron chi connectivity index (χ1n) is 5.45. The third-order valence-electron chi connectivity index (χ3n) is 6.25. The van der Waals surface area contributed by atoms with Crippen LogP contribution >= 0.6 is 0 Å². The lowest BCUT2D eigenvalue weighted by atomic mass is 9.71. The summed E-state index contributed by atoms with van der Waals surface area (Å²) in [5, 5.41) is 0. The number of hydrogen-bond acceptors (Lipinski definition) is 0. The third-order valence-corrected chi connectivity index (χ3v) is 6.25. The molecule has 0 aromatic heterocycles. The lowest BCUT2D eigenvalue weighted by molar-refractivity contribution is 0.132. The minimum Gasteiger partial charge on any atom is -0.0465 e. The minimum absolute atomic E-state index is 1.26. The van der Waals surface area contributed by atoms with Crippen LogP contribution in [0.2, 0.25) is 0 Å². The molecule has 58 valence electrons. The van der Waals surface area contributed by atoms with Gasteiger partial charge < -0.3 is 0 Å². The van der Waals surface area contributed by atoms with Crippen LogP contribution in [0.15, 0.2) is 0 Å². The van der Waals surface area contributed by atoms with Gasteiger partial charge in [-0.25, -0.2) is 0 Å². The highest BCUT2D eigenvalue weighted by molar-refractivity contribution is 5.24. The first-order chi connectivity index (χ1) is 5.45. The zero-order chi connectivity index (χ0) is 6.74. The Morgan fingerprint density at radius 2 is 0.727 bits per heavy atom. The summed E-state index contributed by atoms with van der Waals surface area (Å²) in [5.74, 6) is 10.1. The fraction of sp³-hybridized carbons (Fsp3) is 1.00. The van der Waals surface area contributed by atoms with Crippen LogP contribution in [0.25, 0.3) is 0 Å². The van der Waals surface area contributed by atoms with Crippen molar-refractivity contribution in [1.82, 2.24) is 0 Å². The zero-order valence-corrected chi connectivity index (χ0v) is 6.74. The van der Waals surface area contributed by atoms with Gasteiger partial charge in [0.2, 0.25) is 0 Å². The maximum absolute atomic E-state index is 1.68. The fourth-order valence-electron chi connectivity index (χ4n) is 6.55. The zero-order valence-electron chi connectivity index (χ0n) is 6.74. The standard InChI is InChI=1S/C11H14/c1-4-6-2-8-9-3-7(11(4)8)5(1)10(6)9/h4-11H,1-3H2/t4-,5-,6-,7-,8-,9-,10?,11?/m1/s1. The SMILES string of the molecule is C1[C@H]2C3[C@@H]4C[C@H]2C2[C@H]1[C@H]3C[C@@H]24. The molecule has 0 radical (unpaired) electrons. The molecule has 6 aliphatic carbocycles. The molecule has 0 unspecified atom stereocenters. The average molecular weight is 146 g/mol. The predicted octanol–water partition coefficient (Wildman–Crippen LogP) is 2.15. The van der Waals surface area contributed by atoms with E-state index in [4.69, 9.17) is 0 Å². The van der Waals surface area contributed by atoms with Crippen molar-refractivity contribution in [3.05, 3.63) is 0 Å². The maximum Gasteiger partial charge on any atom is -0.0320 e. The van der Waals surface area contributed by atoms with E-state index in [1.807, 2.05) is 0 Å². The highest BCUT2D eigenvalue weighted by Crippen LogP contribution is 2.82. The van der Waals surface area contributed by atoms with E-state index in [-0.39, 0.29) is 0 Å². The summed E-state index contributed by atoms with van der Waals surface area (Å²) in [6, 6.07) is 0. The summed E-state index contributed by atoms with van der Waals surface area (Å²) in [4.78, 5) is 0. The molecule has 6 rings (SSSR count). The van der Waals surface area contributed by atoms with Crippen LogP contribution in [0.5, 0.6) is 0 Å². The molecule has 0 aromatic carbocycles. The molecule has 0 nitrogen and oxygen atoms in total. The summed E-state index contributed by atoms with van der Waals surface area (Å²) < 4.78 is 0. The second-order valence-corrected chi connectivity index (χ2v) is 5.84. The molecule has 6 aliphatic rings. The van der Waals surface area contributed by atoms with Gasteiger partial charge >= 0.3 is 0 Å². The highest BCUT2D eigenvalue weighted by atomic mass is 14.8. The van der Waals surface area contributed by atoms with Crippen LogP contribution in [-0.4, -0.2) is 0 Å². The summed E-state index contributed by atoms with van der Waals surface area (Å²) in [5.41, 5.74) is 0. The molecule has 0 spiro atoms. The van der Waals surface area contributed by atoms with Crippen LogP contribution in [0.3, 0.4) is 0 Å². The van der Waals surface area contributed by atoms with Crippen molar-refractivity contribution in [1.29, 1.82) is 0 Å². The lowest BCUT2D eigenvalue weighted by Crippen LogP contribution is -2.30. The van der Waals surface area contributed by atoms with Crippen molar-refractivity contribution < 1.29 is 0 Å². The van der Waals surface area contributed by atoms with E-state index in [9.17, 15) is 0 Å². The largest absolute Gasteiger partial charge is 0.0465 e. The van der Waals surface area contributed by atoms with Gasteiger partial charge in [0.25, 0.3) is 0 Å². The normalized spacial score (nSPS) is 85.1. The van der Waals surface area contributed by atoms with E-state index in [2.05, 4.69) is 0 Å². The molecule has 6 saturated carbocycles. The van der Waals surface area contributed by atoms with Gasteiger partial charge in [0.1, 0.15) is 0 Å². The molecular weight excluding hydrogens is 132 g/mol. The van der Waals surface area contributed by atoms with Gasteiger partial charge in [-0.1, -0.05) is 0 Å². The molecule has 0 aromatic rings. The maximum atomic E-state index is 1.68. The molecule has 0 heterocycles. The first-order valence-corrected chi connectivity index (χ1v) is 5.45. The van der Waals surface area contributed by atoms with E-state index in [1.165, 1.54) is 47.3 Å². The number of hydrogen-bond donors (Lipinski definition) is 0. The predicted molar refractivity (Wildman–Crippen MR) is 41.8 cm³/mol. The van der Waals surface area contributed by atoms with Gasteiger partial charge in [-0.05, 0) is 66.6 Å². The van der Waals surface area contributed by atoms with Gasteiger partial charge in [-0.2, -0.15) is 0 Å².